The van der Waals surface area contributed by atoms with Crippen LogP contribution in [0, 0.1) is 0 Å². The molecular weight excluding hydrogens is 396 g/mol. The highest BCUT2D eigenvalue weighted by Gasteiger charge is 2.22. The van der Waals surface area contributed by atoms with Crippen LogP contribution in [0.25, 0.3) is 0 Å². The van der Waals surface area contributed by atoms with Crippen molar-refractivity contribution >= 4 is 41.0 Å². The number of hydrogen-bond donors (Lipinski definition) is 3. The third-order valence-corrected chi connectivity index (χ3v) is 3.77. The van der Waals surface area contributed by atoms with Gasteiger partial charge in [-0.3, -0.25) is 9.59 Å². The van der Waals surface area contributed by atoms with Crippen LogP contribution in [0.4, 0.5) is 16.3 Å². The Balaban J connectivity index is 2.05. The summed E-state index contributed by atoms with van der Waals surface area (Å²) in [7, 11) is 0. The Morgan fingerprint density at radius 3 is 2.34 bits per heavy atom. The Hall–Kier alpha value is -3.13. The highest BCUT2D eigenvalue weighted by molar-refractivity contribution is 6.30. The van der Waals surface area contributed by atoms with E-state index in [9.17, 15) is 14.4 Å². The number of pyridine rings is 1. The minimum absolute atomic E-state index is 0.0711. The van der Waals surface area contributed by atoms with Crippen LogP contribution in [0.5, 0.6) is 0 Å². The molecule has 0 saturated heterocycles. The zero-order valence-electron chi connectivity index (χ0n) is 16.6. The molecule has 154 valence electrons. The molecule has 2 aromatic rings. The van der Waals surface area contributed by atoms with Gasteiger partial charge in [0.2, 0.25) is 5.91 Å². The number of carbonyl (C=O) groups is 3. The molecule has 1 heterocycles. The summed E-state index contributed by atoms with van der Waals surface area (Å²) < 4.78 is 5.13. The van der Waals surface area contributed by atoms with Gasteiger partial charge >= 0.3 is 6.09 Å². The molecule has 0 bridgehead atoms. The fourth-order valence-corrected chi connectivity index (χ4v) is 2.32. The van der Waals surface area contributed by atoms with Gasteiger partial charge in [0.05, 0.1) is 5.56 Å². The zero-order chi connectivity index (χ0) is 21.6. The first-order valence-electron chi connectivity index (χ1n) is 8.87. The predicted molar refractivity (Wildman–Crippen MR) is 111 cm³/mol. The van der Waals surface area contributed by atoms with Crippen molar-refractivity contribution in [3.05, 3.63) is 53.2 Å². The van der Waals surface area contributed by atoms with E-state index in [1.807, 2.05) is 0 Å². The van der Waals surface area contributed by atoms with Gasteiger partial charge in [0.1, 0.15) is 17.5 Å². The molecule has 0 unspecified atom stereocenters. The molecule has 1 aromatic carbocycles. The highest BCUT2D eigenvalue weighted by Crippen LogP contribution is 2.17. The van der Waals surface area contributed by atoms with Crippen molar-refractivity contribution in [3.8, 4) is 0 Å². The minimum Gasteiger partial charge on any atom is -0.444 e. The van der Waals surface area contributed by atoms with Gasteiger partial charge in [-0.05, 0) is 64.1 Å². The lowest BCUT2D eigenvalue weighted by molar-refractivity contribution is -0.117. The van der Waals surface area contributed by atoms with E-state index in [0.717, 1.165) is 0 Å². The molecule has 0 saturated carbocycles. The Kier molecular flexibility index (Phi) is 7.17. The molecular formula is C20H23ClN4O4. The summed E-state index contributed by atoms with van der Waals surface area (Å²) in [6, 6.07) is 8.80. The number of anilines is 2. The third kappa shape index (κ3) is 7.08. The van der Waals surface area contributed by atoms with Crippen molar-refractivity contribution in [2.75, 3.05) is 10.6 Å². The molecule has 0 aliphatic carbocycles. The van der Waals surface area contributed by atoms with E-state index in [1.165, 1.54) is 19.2 Å². The smallest absolute Gasteiger partial charge is 0.408 e. The number of rotatable bonds is 5. The number of nitrogens with one attached hydrogen (secondary N) is 3. The lowest BCUT2D eigenvalue weighted by Crippen LogP contribution is -2.44. The first-order valence-corrected chi connectivity index (χ1v) is 9.25. The second-order valence-electron chi connectivity index (χ2n) is 7.22. The maximum absolute atomic E-state index is 12.6. The van der Waals surface area contributed by atoms with Crippen LogP contribution in [-0.2, 0) is 9.53 Å². The Morgan fingerprint density at radius 2 is 1.72 bits per heavy atom. The summed E-state index contributed by atoms with van der Waals surface area (Å²) in [5.41, 5.74) is 0.0227. The lowest BCUT2D eigenvalue weighted by Gasteiger charge is -2.21. The first kappa shape index (κ1) is 22.2. The van der Waals surface area contributed by atoms with Gasteiger partial charge in [-0.15, -0.1) is 0 Å². The maximum atomic E-state index is 12.6. The number of ether oxygens (including phenoxy) is 1. The van der Waals surface area contributed by atoms with Gasteiger partial charge in [0.25, 0.3) is 5.91 Å². The second kappa shape index (κ2) is 9.38. The molecule has 3 amide bonds. The number of nitrogens with zero attached hydrogens (tertiary/aromatic N) is 1. The molecule has 29 heavy (non-hydrogen) atoms. The normalized spacial score (nSPS) is 11.9. The van der Waals surface area contributed by atoms with Crippen molar-refractivity contribution < 1.29 is 19.1 Å². The van der Waals surface area contributed by atoms with Gasteiger partial charge in [0, 0.05) is 16.9 Å². The highest BCUT2D eigenvalue weighted by atomic mass is 35.5. The van der Waals surface area contributed by atoms with Gasteiger partial charge in [-0.2, -0.15) is 0 Å². The second-order valence-corrected chi connectivity index (χ2v) is 7.65. The van der Waals surface area contributed by atoms with Gasteiger partial charge in [0.15, 0.2) is 0 Å². The molecule has 1 aromatic heterocycles. The molecule has 0 aliphatic heterocycles. The van der Waals surface area contributed by atoms with Gasteiger partial charge in [-0.25, -0.2) is 9.78 Å². The predicted octanol–water partition coefficient (Wildman–Crippen LogP) is 3.84. The molecule has 3 N–H and O–H groups in total. The van der Waals surface area contributed by atoms with Crippen LogP contribution < -0.4 is 16.0 Å². The lowest BCUT2D eigenvalue weighted by atomic mass is 10.2. The number of amides is 3. The molecule has 0 spiro atoms. The molecule has 0 aliphatic rings. The van der Waals surface area contributed by atoms with Gasteiger partial charge < -0.3 is 20.7 Å². The van der Waals surface area contributed by atoms with Crippen molar-refractivity contribution in [2.24, 2.45) is 0 Å². The Bertz CT molecular complexity index is 894. The topological polar surface area (TPSA) is 109 Å². The van der Waals surface area contributed by atoms with Crippen LogP contribution in [0.3, 0.4) is 0 Å². The van der Waals surface area contributed by atoms with E-state index in [1.54, 1.807) is 51.1 Å². The van der Waals surface area contributed by atoms with E-state index >= 15 is 0 Å². The number of benzene rings is 1. The molecule has 0 radical (unpaired) electrons. The summed E-state index contributed by atoms with van der Waals surface area (Å²) in [5.74, 6) is -0.930. The average Bonchev–Trinajstić information content (AvgIpc) is 2.62. The molecule has 2 rings (SSSR count). The standard InChI is InChI=1S/C20H23ClN4O4/c1-12(23-19(28)29-20(2,3)4)17(26)25-16-15(6-5-11-22-16)18(27)24-14-9-7-13(21)8-10-14/h5-12H,1-4H3,(H,23,28)(H,24,27)(H,22,25,26)/t12-/m1/s1. The SMILES string of the molecule is C[C@@H](NC(=O)OC(C)(C)C)C(=O)Nc1ncccc1C(=O)Nc1ccc(Cl)cc1. The number of carbonyl (C=O) groups excluding carboxylic acids is 3. The fourth-order valence-electron chi connectivity index (χ4n) is 2.19. The van der Waals surface area contributed by atoms with Crippen LogP contribution in [0.2, 0.25) is 5.02 Å². The molecule has 9 heteroatoms. The van der Waals surface area contributed by atoms with E-state index < -0.39 is 29.6 Å². The minimum atomic E-state index is -0.904. The Morgan fingerprint density at radius 1 is 1.07 bits per heavy atom. The average molecular weight is 419 g/mol. The third-order valence-electron chi connectivity index (χ3n) is 3.52. The van der Waals surface area contributed by atoms with E-state index in [0.29, 0.717) is 10.7 Å². The van der Waals surface area contributed by atoms with Crippen LogP contribution in [0.1, 0.15) is 38.1 Å². The van der Waals surface area contributed by atoms with Crippen LogP contribution >= 0.6 is 11.6 Å². The van der Waals surface area contributed by atoms with Crippen molar-refractivity contribution in [1.29, 1.82) is 0 Å². The summed E-state index contributed by atoms with van der Waals surface area (Å²) in [4.78, 5) is 40.9. The molecule has 1 atom stereocenters. The summed E-state index contributed by atoms with van der Waals surface area (Å²) in [6.45, 7) is 6.65. The van der Waals surface area contributed by atoms with Crippen molar-refractivity contribution in [3.63, 3.8) is 0 Å². The monoisotopic (exact) mass is 418 g/mol. The zero-order valence-corrected chi connectivity index (χ0v) is 17.3. The molecule has 8 nitrogen and oxygen atoms in total. The van der Waals surface area contributed by atoms with Crippen LogP contribution in [-0.4, -0.2) is 34.5 Å². The van der Waals surface area contributed by atoms with E-state index in [-0.39, 0.29) is 11.4 Å². The van der Waals surface area contributed by atoms with Crippen LogP contribution in [0.15, 0.2) is 42.6 Å². The fraction of sp³-hybridized carbons (Fsp3) is 0.300. The first-order chi connectivity index (χ1) is 13.5. The molecule has 0 fully saturated rings. The van der Waals surface area contributed by atoms with E-state index in [2.05, 4.69) is 20.9 Å². The van der Waals surface area contributed by atoms with Gasteiger partial charge in [-0.1, -0.05) is 11.6 Å². The Labute approximate surface area is 174 Å². The quantitative estimate of drug-likeness (QED) is 0.683. The maximum Gasteiger partial charge on any atom is 0.408 e. The largest absolute Gasteiger partial charge is 0.444 e. The van der Waals surface area contributed by atoms with E-state index in [4.69, 9.17) is 16.3 Å². The van der Waals surface area contributed by atoms with Crippen molar-refractivity contribution in [2.45, 2.75) is 39.3 Å². The number of halogens is 1. The summed E-state index contributed by atoms with van der Waals surface area (Å²) in [5, 5.41) is 8.24. The van der Waals surface area contributed by atoms with Crippen molar-refractivity contribution in [1.82, 2.24) is 10.3 Å². The number of aromatic nitrogens is 1. The number of alkyl carbamates (subject to hydrolysis) is 1. The summed E-state index contributed by atoms with van der Waals surface area (Å²) >= 11 is 5.84. The summed E-state index contributed by atoms with van der Waals surface area (Å²) in [6.07, 6.45) is 0.725. The number of hydrogen-bond acceptors (Lipinski definition) is 5.